The van der Waals surface area contributed by atoms with Crippen molar-refractivity contribution < 1.29 is 5.11 Å². The maximum Gasteiger partial charge on any atom is 0.0565 e. The van der Waals surface area contributed by atoms with E-state index in [1.54, 1.807) is 0 Å². The number of rotatable bonds is 1. The summed E-state index contributed by atoms with van der Waals surface area (Å²) in [6.45, 7) is 4.43. The molecule has 66 valence electrons. The van der Waals surface area contributed by atoms with Crippen LogP contribution in [0.3, 0.4) is 0 Å². The van der Waals surface area contributed by atoms with Gasteiger partial charge in [-0.1, -0.05) is 26.7 Å². The summed E-state index contributed by atoms with van der Waals surface area (Å²) in [5.41, 5.74) is 0. The average Bonchev–Trinajstić information content (AvgIpc) is 2.16. The molecule has 1 N–H and O–H groups in total. The van der Waals surface area contributed by atoms with Gasteiger partial charge in [-0.05, 0) is 31.1 Å². The first kappa shape index (κ1) is 9.05. The molecule has 1 aliphatic carbocycles. The summed E-state index contributed by atoms with van der Waals surface area (Å²) >= 11 is 0. The molecule has 0 bridgehead atoms. The van der Waals surface area contributed by atoms with Crippen LogP contribution < -0.4 is 0 Å². The average molecular weight is 156 g/mol. The molecule has 1 saturated carbocycles. The molecule has 0 radical (unpaired) electrons. The summed E-state index contributed by atoms with van der Waals surface area (Å²) in [6, 6.07) is 0. The Hall–Kier alpha value is -0.0400. The van der Waals surface area contributed by atoms with Gasteiger partial charge in [0.2, 0.25) is 0 Å². The first-order chi connectivity index (χ1) is 5.24. The molecule has 1 rings (SSSR count). The Morgan fingerprint density at radius 1 is 1.18 bits per heavy atom. The van der Waals surface area contributed by atoms with Gasteiger partial charge in [-0.25, -0.2) is 0 Å². The highest BCUT2D eigenvalue weighted by Crippen LogP contribution is 2.28. The fraction of sp³-hybridized carbons (Fsp3) is 1.00. The van der Waals surface area contributed by atoms with Crippen molar-refractivity contribution in [2.75, 3.05) is 0 Å². The first-order valence-electron chi connectivity index (χ1n) is 4.92. The predicted octanol–water partition coefficient (Wildman–Crippen LogP) is 2.58. The topological polar surface area (TPSA) is 20.2 Å². The van der Waals surface area contributed by atoms with Gasteiger partial charge >= 0.3 is 0 Å². The van der Waals surface area contributed by atoms with Crippen LogP contribution in [0, 0.1) is 11.8 Å². The van der Waals surface area contributed by atoms with Crippen LogP contribution in [0.5, 0.6) is 0 Å². The third-order valence-electron chi connectivity index (χ3n) is 3.14. The minimum absolute atomic E-state index is 0.0217. The summed E-state index contributed by atoms with van der Waals surface area (Å²) in [5, 5.41) is 9.57. The Bertz CT molecular complexity index is 99.4. The van der Waals surface area contributed by atoms with Crippen molar-refractivity contribution in [3.8, 4) is 0 Å². The van der Waals surface area contributed by atoms with Crippen LogP contribution in [-0.4, -0.2) is 11.2 Å². The van der Waals surface area contributed by atoms with E-state index < -0.39 is 0 Å². The Morgan fingerprint density at radius 2 is 1.82 bits per heavy atom. The molecule has 1 aliphatic rings. The lowest BCUT2D eigenvalue weighted by atomic mass is 9.97. The van der Waals surface area contributed by atoms with Crippen LogP contribution in [0.1, 0.15) is 46.0 Å². The lowest BCUT2D eigenvalue weighted by molar-refractivity contribution is 0.109. The van der Waals surface area contributed by atoms with Crippen LogP contribution in [-0.2, 0) is 0 Å². The first-order valence-corrected chi connectivity index (χ1v) is 4.92. The van der Waals surface area contributed by atoms with Gasteiger partial charge in [-0.15, -0.1) is 0 Å². The molecule has 1 fully saturated rings. The summed E-state index contributed by atoms with van der Waals surface area (Å²) in [5.74, 6) is 1.42. The molecular weight excluding hydrogens is 136 g/mol. The van der Waals surface area contributed by atoms with Crippen LogP contribution in [0.15, 0.2) is 0 Å². The number of aliphatic hydroxyl groups excluding tert-OH is 1. The van der Waals surface area contributed by atoms with E-state index in [-0.39, 0.29) is 6.10 Å². The van der Waals surface area contributed by atoms with E-state index in [1.165, 1.54) is 25.7 Å². The van der Waals surface area contributed by atoms with Crippen LogP contribution >= 0.6 is 0 Å². The fourth-order valence-electron chi connectivity index (χ4n) is 1.93. The maximum atomic E-state index is 9.57. The van der Waals surface area contributed by atoms with Crippen LogP contribution in [0.4, 0.5) is 0 Å². The van der Waals surface area contributed by atoms with Gasteiger partial charge in [0, 0.05) is 0 Å². The second-order valence-corrected chi connectivity index (χ2v) is 3.97. The van der Waals surface area contributed by atoms with Gasteiger partial charge in [-0.2, -0.15) is 0 Å². The van der Waals surface area contributed by atoms with Crippen molar-refractivity contribution in [2.45, 2.75) is 52.1 Å². The summed E-state index contributed by atoms with van der Waals surface area (Å²) in [6.07, 6.45) is 6.08. The van der Waals surface area contributed by atoms with Crippen molar-refractivity contribution >= 4 is 0 Å². The molecule has 0 saturated heterocycles. The highest BCUT2D eigenvalue weighted by molar-refractivity contribution is 4.73. The van der Waals surface area contributed by atoms with Gasteiger partial charge < -0.3 is 5.11 Å². The molecule has 0 aliphatic heterocycles. The second-order valence-electron chi connectivity index (χ2n) is 3.97. The zero-order valence-electron chi connectivity index (χ0n) is 7.71. The molecule has 0 spiro atoms. The third-order valence-corrected chi connectivity index (χ3v) is 3.14. The van der Waals surface area contributed by atoms with E-state index in [1.807, 2.05) is 0 Å². The molecule has 3 unspecified atom stereocenters. The number of aliphatic hydroxyl groups is 1. The van der Waals surface area contributed by atoms with Gasteiger partial charge in [0.1, 0.15) is 0 Å². The van der Waals surface area contributed by atoms with Crippen molar-refractivity contribution in [3.05, 3.63) is 0 Å². The van der Waals surface area contributed by atoms with Gasteiger partial charge in [0.15, 0.2) is 0 Å². The second kappa shape index (κ2) is 4.10. The van der Waals surface area contributed by atoms with E-state index in [2.05, 4.69) is 13.8 Å². The minimum atomic E-state index is -0.0217. The number of hydrogen-bond donors (Lipinski definition) is 1. The summed E-state index contributed by atoms with van der Waals surface area (Å²) < 4.78 is 0. The third kappa shape index (κ3) is 2.48. The summed E-state index contributed by atoms with van der Waals surface area (Å²) in [7, 11) is 0. The molecule has 0 aromatic heterocycles. The lowest BCUT2D eigenvalue weighted by Gasteiger charge is -2.13. The Morgan fingerprint density at radius 3 is 2.45 bits per heavy atom. The highest BCUT2D eigenvalue weighted by Gasteiger charge is 2.21. The van der Waals surface area contributed by atoms with E-state index in [0.717, 1.165) is 12.3 Å². The molecule has 0 heterocycles. The largest absolute Gasteiger partial charge is 0.393 e. The standard InChI is InChI=1S/C10H20O/c1-3-9-5-4-8(2)10(11)7-6-9/h8-11H,3-7H2,1-2H3. The highest BCUT2D eigenvalue weighted by atomic mass is 16.3. The van der Waals surface area contributed by atoms with Crippen molar-refractivity contribution in [1.82, 2.24) is 0 Å². The van der Waals surface area contributed by atoms with Crippen LogP contribution in [0.25, 0.3) is 0 Å². The van der Waals surface area contributed by atoms with Gasteiger partial charge in [0.25, 0.3) is 0 Å². The van der Waals surface area contributed by atoms with E-state index in [9.17, 15) is 5.11 Å². The monoisotopic (exact) mass is 156 g/mol. The molecule has 0 aromatic carbocycles. The molecule has 0 aromatic rings. The molecule has 3 atom stereocenters. The van der Waals surface area contributed by atoms with E-state index >= 15 is 0 Å². The summed E-state index contributed by atoms with van der Waals surface area (Å²) in [4.78, 5) is 0. The van der Waals surface area contributed by atoms with Gasteiger partial charge in [0.05, 0.1) is 6.10 Å². The SMILES string of the molecule is CCC1CCC(C)C(O)CC1. The molecular formula is C10H20O. The Labute approximate surface area is 69.8 Å². The molecule has 11 heavy (non-hydrogen) atoms. The quantitative estimate of drug-likeness (QED) is 0.578. The van der Waals surface area contributed by atoms with E-state index in [0.29, 0.717) is 5.92 Å². The van der Waals surface area contributed by atoms with Crippen LogP contribution in [0.2, 0.25) is 0 Å². The molecule has 1 nitrogen and oxygen atoms in total. The normalized spacial score (nSPS) is 40.1. The van der Waals surface area contributed by atoms with Crippen molar-refractivity contribution in [1.29, 1.82) is 0 Å². The Balaban J connectivity index is 2.38. The molecule has 1 heteroatoms. The van der Waals surface area contributed by atoms with Gasteiger partial charge in [-0.3, -0.25) is 0 Å². The molecule has 0 amide bonds. The van der Waals surface area contributed by atoms with Crippen molar-refractivity contribution in [2.24, 2.45) is 11.8 Å². The zero-order valence-corrected chi connectivity index (χ0v) is 7.71. The smallest absolute Gasteiger partial charge is 0.0565 e. The maximum absolute atomic E-state index is 9.57. The lowest BCUT2D eigenvalue weighted by Crippen LogP contribution is -2.14. The van der Waals surface area contributed by atoms with E-state index in [4.69, 9.17) is 0 Å². The zero-order chi connectivity index (χ0) is 8.27. The number of hydrogen-bond acceptors (Lipinski definition) is 1. The minimum Gasteiger partial charge on any atom is -0.393 e. The Kier molecular flexibility index (Phi) is 3.38. The van der Waals surface area contributed by atoms with Crippen molar-refractivity contribution in [3.63, 3.8) is 0 Å². The predicted molar refractivity (Wildman–Crippen MR) is 47.4 cm³/mol. The fourth-order valence-corrected chi connectivity index (χ4v) is 1.93.